The molecule has 0 aromatic heterocycles. The summed E-state index contributed by atoms with van der Waals surface area (Å²) in [5.41, 5.74) is 4.83. The number of benzene rings is 1. The van der Waals surface area contributed by atoms with Gasteiger partial charge in [-0.1, -0.05) is 49.2 Å². The van der Waals surface area contributed by atoms with Gasteiger partial charge < -0.3 is 10.1 Å². The minimum absolute atomic E-state index is 0.303. The molecule has 0 aliphatic heterocycles. The minimum atomic E-state index is 0.303. The van der Waals surface area contributed by atoms with Crippen LogP contribution in [0.15, 0.2) is 22.7 Å². The molecule has 2 nitrogen and oxygen atoms in total. The first-order chi connectivity index (χ1) is 9.43. The van der Waals surface area contributed by atoms with Gasteiger partial charge in [0.25, 0.3) is 0 Å². The molecule has 0 unspecified atom stereocenters. The van der Waals surface area contributed by atoms with Crippen LogP contribution in [0.3, 0.4) is 0 Å². The predicted molar refractivity (Wildman–Crippen MR) is 87.7 cm³/mol. The Hall–Kier alpha value is -0.700. The highest BCUT2D eigenvalue weighted by atomic mass is 35.5. The fourth-order valence-corrected chi connectivity index (χ4v) is 2.17. The summed E-state index contributed by atoms with van der Waals surface area (Å²) < 4.78 is 5.71. The molecular weight excluding hydrogens is 293 g/mol. The first kappa shape index (κ1) is 17.4. The quantitative estimate of drug-likeness (QED) is 0.784. The van der Waals surface area contributed by atoms with E-state index in [1.165, 1.54) is 11.1 Å². The predicted octanol–water partition coefficient (Wildman–Crippen LogP) is 4.75. The molecule has 0 amide bonds. The molecule has 0 fully saturated rings. The van der Waals surface area contributed by atoms with Crippen LogP contribution in [-0.2, 0) is 6.54 Å². The summed E-state index contributed by atoms with van der Waals surface area (Å²) in [6.45, 7) is 10.7. The largest absolute Gasteiger partial charge is 0.487 e. The third-order valence-electron chi connectivity index (χ3n) is 2.87. The molecule has 1 N–H and O–H groups in total. The standard InChI is InChI=1S/C16H23Cl2NO/c1-11(2)8-19-9-14-5-12(3)16(13(4)6-14)20-10-15(18)7-17/h5-7,11,19H,8-10H2,1-4H3. The number of hydrogen-bond donors (Lipinski definition) is 1. The van der Waals surface area contributed by atoms with Crippen molar-refractivity contribution in [2.45, 2.75) is 34.2 Å². The maximum atomic E-state index is 5.84. The van der Waals surface area contributed by atoms with E-state index in [9.17, 15) is 0 Å². The van der Waals surface area contributed by atoms with Crippen LogP contribution < -0.4 is 10.1 Å². The average molecular weight is 316 g/mol. The van der Waals surface area contributed by atoms with Gasteiger partial charge in [0.2, 0.25) is 0 Å². The summed E-state index contributed by atoms with van der Waals surface area (Å²) >= 11 is 11.4. The summed E-state index contributed by atoms with van der Waals surface area (Å²) in [5, 5.41) is 3.94. The molecule has 20 heavy (non-hydrogen) atoms. The number of aryl methyl sites for hydroxylation is 2. The zero-order valence-electron chi connectivity index (χ0n) is 12.6. The lowest BCUT2D eigenvalue weighted by Crippen LogP contribution is -2.19. The second kappa shape index (κ2) is 8.56. The van der Waals surface area contributed by atoms with Crippen LogP contribution in [0.1, 0.15) is 30.5 Å². The summed E-state index contributed by atoms with van der Waals surface area (Å²) in [7, 11) is 0. The summed E-state index contributed by atoms with van der Waals surface area (Å²) in [6.07, 6.45) is 0. The molecule has 0 aliphatic carbocycles. The average Bonchev–Trinajstić information content (AvgIpc) is 2.37. The molecule has 0 bridgehead atoms. The van der Waals surface area contributed by atoms with Crippen molar-refractivity contribution in [3.63, 3.8) is 0 Å². The Labute approximate surface area is 132 Å². The van der Waals surface area contributed by atoms with Gasteiger partial charge in [-0.05, 0) is 43.0 Å². The molecular formula is C16H23Cl2NO. The lowest BCUT2D eigenvalue weighted by atomic mass is 10.1. The van der Waals surface area contributed by atoms with Crippen molar-refractivity contribution < 1.29 is 4.74 Å². The maximum Gasteiger partial charge on any atom is 0.125 e. The van der Waals surface area contributed by atoms with Crippen molar-refractivity contribution >= 4 is 23.2 Å². The Kier molecular flexibility index (Phi) is 7.42. The van der Waals surface area contributed by atoms with Crippen molar-refractivity contribution in [1.29, 1.82) is 0 Å². The van der Waals surface area contributed by atoms with Gasteiger partial charge >= 0.3 is 0 Å². The molecule has 4 heteroatoms. The van der Waals surface area contributed by atoms with Crippen molar-refractivity contribution in [2.24, 2.45) is 5.92 Å². The summed E-state index contributed by atoms with van der Waals surface area (Å²) in [4.78, 5) is 0. The van der Waals surface area contributed by atoms with Gasteiger partial charge in [0, 0.05) is 12.1 Å². The number of halogens is 2. The highest BCUT2D eigenvalue weighted by Crippen LogP contribution is 2.25. The first-order valence-corrected chi connectivity index (χ1v) is 7.63. The van der Waals surface area contributed by atoms with E-state index in [1.54, 1.807) is 0 Å². The molecule has 0 atom stereocenters. The van der Waals surface area contributed by atoms with Gasteiger partial charge in [-0.15, -0.1) is 0 Å². The summed E-state index contributed by atoms with van der Waals surface area (Å²) in [5.74, 6) is 1.54. The topological polar surface area (TPSA) is 21.3 Å². The van der Waals surface area contributed by atoms with Crippen molar-refractivity contribution in [3.8, 4) is 5.75 Å². The van der Waals surface area contributed by atoms with E-state index >= 15 is 0 Å². The molecule has 1 rings (SSSR count). The fraction of sp³-hybridized carbons (Fsp3) is 0.500. The van der Waals surface area contributed by atoms with E-state index in [-0.39, 0.29) is 0 Å². The minimum Gasteiger partial charge on any atom is -0.487 e. The zero-order chi connectivity index (χ0) is 15.1. The lowest BCUT2D eigenvalue weighted by molar-refractivity contribution is 0.354. The van der Waals surface area contributed by atoms with Crippen LogP contribution >= 0.6 is 23.2 Å². The van der Waals surface area contributed by atoms with Gasteiger partial charge in [-0.25, -0.2) is 0 Å². The Bertz CT molecular complexity index is 447. The molecule has 112 valence electrons. The molecule has 0 aliphatic rings. The molecule has 0 saturated carbocycles. The first-order valence-electron chi connectivity index (χ1n) is 6.82. The highest BCUT2D eigenvalue weighted by Gasteiger charge is 2.07. The Balaban J connectivity index is 2.70. The van der Waals surface area contributed by atoms with E-state index in [2.05, 4.69) is 31.3 Å². The van der Waals surface area contributed by atoms with Gasteiger partial charge in [0.05, 0.1) is 5.03 Å². The third kappa shape index (κ3) is 5.74. The van der Waals surface area contributed by atoms with E-state index in [0.717, 1.165) is 30.0 Å². The second-order valence-corrected chi connectivity index (χ2v) is 6.13. The van der Waals surface area contributed by atoms with Gasteiger partial charge in [0.15, 0.2) is 0 Å². The van der Waals surface area contributed by atoms with Crippen molar-refractivity contribution in [2.75, 3.05) is 13.2 Å². The molecule has 1 aromatic carbocycles. The Morgan fingerprint density at radius 1 is 1.30 bits per heavy atom. The highest BCUT2D eigenvalue weighted by molar-refractivity contribution is 6.36. The normalized spacial score (nSPS) is 12.1. The van der Waals surface area contributed by atoms with E-state index in [0.29, 0.717) is 17.6 Å². The van der Waals surface area contributed by atoms with Crippen LogP contribution in [0.4, 0.5) is 0 Å². The van der Waals surface area contributed by atoms with E-state index in [4.69, 9.17) is 27.9 Å². The Morgan fingerprint density at radius 2 is 1.90 bits per heavy atom. The van der Waals surface area contributed by atoms with Crippen LogP contribution in [0.2, 0.25) is 0 Å². The van der Waals surface area contributed by atoms with Crippen LogP contribution in [0, 0.1) is 19.8 Å². The van der Waals surface area contributed by atoms with E-state index in [1.807, 2.05) is 13.8 Å². The van der Waals surface area contributed by atoms with Crippen LogP contribution in [-0.4, -0.2) is 13.2 Å². The molecule has 0 saturated heterocycles. The molecule has 0 heterocycles. The van der Waals surface area contributed by atoms with Crippen LogP contribution in [0.25, 0.3) is 0 Å². The van der Waals surface area contributed by atoms with Crippen molar-refractivity contribution in [3.05, 3.63) is 39.4 Å². The zero-order valence-corrected chi connectivity index (χ0v) is 14.1. The molecule has 0 spiro atoms. The number of nitrogens with one attached hydrogen (secondary N) is 1. The molecule has 0 radical (unpaired) electrons. The van der Waals surface area contributed by atoms with Gasteiger partial charge in [-0.3, -0.25) is 0 Å². The third-order valence-corrected chi connectivity index (χ3v) is 3.47. The SMILES string of the molecule is Cc1cc(CNCC(C)C)cc(C)c1OCC(Cl)=CCl. The number of hydrogen-bond acceptors (Lipinski definition) is 2. The smallest absolute Gasteiger partial charge is 0.125 e. The second-order valence-electron chi connectivity index (χ2n) is 5.43. The van der Waals surface area contributed by atoms with Crippen molar-refractivity contribution in [1.82, 2.24) is 5.32 Å². The monoisotopic (exact) mass is 315 g/mol. The maximum absolute atomic E-state index is 5.84. The number of ether oxygens (including phenoxy) is 1. The Morgan fingerprint density at radius 3 is 2.40 bits per heavy atom. The van der Waals surface area contributed by atoms with E-state index < -0.39 is 0 Å². The summed E-state index contributed by atoms with van der Waals surface area (Å²) in [6, 6.07) is 4.29. The van der Waals surface area contributed by atoms with Gasteiger partial charge in [0.1, 0.15) is 12.4 Å². The lowest BCUT2D eigenvalue weighted by Gasteiger charge is -2.14. The van der Waals surface area contributed by atoms with Crippen LogP contribution in [0.5, 0.6) is 5.75 Å². The molecule has 1 aromatic rings. The number of rotatable bonds is 7. The fourth-order valence-electron chi connectivity index (χ4n) is 2.05. The van der Waals surface area contributed by atoms with Gasteiger partial charge in [-0.2, -0.15) is 0 Å².